The van der Waals surface area contributed by atoms with Gasteiger partial charge in [0.2, 0.25) is 0 Å². The number of benzene rings is 8. The fraction of sp³-hybridized carbons (Fsp3) is 0.0339. The monoisotopic (exact) mass is 847 g/mol. The number of aromatic nitrogens is 5. The van der Waals surface area contributed by atoms with E-state index in [9.17, 15) is 0 Å². The Bertz CT molecular complexity index is 3560. The van der Waals surface area contributed by atoms with E-state index in [2.05, 4.69) is 169 Å². The Hall–Kier alpha value is -8.19. The molecular weight excluding hydrogens is 811 g/mol. The van der Waals surface area contributed by atoms with Gasteiger partial charge < -0.3 is 0 Å². The number of nitrogens with zero attached hydrogens (tertiary/aromatic N) is 5. The molecule has 0 saturated carbocycles. The first-order valence-corrected chi connectivity index (χ1v) is 22.8. The topological polar surface area (TPSA) is 64.5 Å². The Balaban J connectivity index is 0.945. The second-order valence-corrected chi connectivity index (χ2v) is 17.7. The maximum Gasteiger partial charge on any atom is 0.164 e. The highest BCUT2D eigenvalue weighted by molar-refractivity contribution is 7.17. The molecule has 11 aromatic rings. The summed E-state index contributed by atoms with van der Waals surface area (Å²) < 4.78 is 1.27. The van der Waals surface area contributed by atoms with Crippen LogP contribution in [0.25, 0.3) is 89.3 Å². The Kier molecular flexibility index (Phi) is 8.78. The molecule has 3 aliphatic rings. The Morgan fingerprint density at radius 2 is 0.738 bits per heavy atom. The lowest BCUT2D eigenvalue weighted by Crippen LogP contribution is -2.27. The van der Waals surface area contributed by atoms with E-state index in [0.717, 1.165) is 50.3 Å². The normalized spacial score (nSPS) is 14.5. The largest absolute Gasteiger partial charge is 0.228 e. The minimum atomic E-state index is 0.0485. The Morgan fingerprint density at radius 3 is 1.35 bits per heavy atom. The second-order valence-electron chi connectivity index (χ2n) is 16.7. The van der Waals surface area contributed by atoms with Crippen molar-refractivity contribution in [1.29, 1.82) is 0 Å². The zero-order valence-corrected chi connectivity index (χ0v) is 35.8. The van der Waals surface area contributed by atoms with Crippen LogP contribution in [0, 0.1) is 0 Å². The summed E-state index contributed by atoms with van der Waals surface area (Å²) in [5.41, 5.74) is 18.1. The molecule has 6 heteroatoms. The standard InChI is InChI=1S/C59H37N5S/c1-4-16-36(17-5-1)56-60-51(34-52(61-56)42-23-11-10-22-41(42)50-35-65-53-27-15-14-24-43(50)53)39-28-30-46-48(32-39)54-44-25-12-13-26-45(44)55(46)49-33-40(29-31-47(49)54)59-63-57(37-18-6-2-7-19-37)62-58(64-59)38-20-8-3-9-21-38/h1-35,54-55H. The van der Waals surface area contributed by atoms with Gasteiger partial charge in [-0.15, -0.1) is 11.3 Å². The number of hydrogen-bond acceptors (Lipinski definition) is 6. The molecule has 3 aliphatic carbocycles. The van der Waals surface area contributed by atoms with Gasteiger partial charge in [-0.05, 0) is 68.6 Å². The third kappa shape index (κ3) is 6.33. The van der Waals surface area contributed by atoms with Gasteiger partial charge in [-0.3, -0.25) is 0 Å². The zero-order valence-electron chi connectivity index (χ0n) is 35.0. The quantitative estimate of drug-likeness (QED) is 0.160. The SMILES string of the molecule is c1ccc(-c2nc(-c3ccc4c(c3)C3c5ccccc5C4c4cc(-c5nc(-c6ccccc6)nc(-c6ccccc6)n5)ccc43)cc(-c3ccccc3-c3csc4ccccc34)n2)cc1. The van der Waals surface area contributed by atoms with E-state index >= 15 is 0 Å². The summed E-state index contributed by atoms with van der Waals surface area (Å²) in [5, 5.41) is 3.52. The smallest absolute Gasteiger partial charge is 0.164 e. The molecule has 0 spiro atoms. The first-order valence-electron chi connectivity index (χ1n) is 22.0. The van der Waals surface area contributed by atoms with Crippen molar-refractivity contribution in [2.24, 2.45) is 0 Å². The molecule has 0 aliphatic heterocycles. The number of rotatable bonds is 7. The number of hydrogen-bond donors (Lipinski definition) is 0. The van der Waals surface area contributed by atoms with Crippen LogP contribution in [0.1, 0.15) is 45.2 Å². The van der Waals surface area contributed by atoms with Crippen LogP contribution in [0.3, 0.4) is 0 Å². The molecule has 304 valence electrons. The Labute approximate surface area is 380 Å². The lowest BCUT2D eigenvalue weighted by atomic mass is 9.60. The van der Waals surface area contributed by atoms with Crippen molar-refractivity contribution in [3.8, 4) is 79.2 Å². The molecule has 0 radical (unpaired) electrons. The number of thiophene rings is 1. The Morgan fingerprint density at radius 1 is 0.292 bits per heavy atom. The van der Waals surface area contributed by atoms with Crippen LogP contribution in [-0.2, 0) is 0 Å². The van der Waals surface area contributed by atoms with Crippen LogP contribution in [0.5, 0.6) is 0 Å². The molecule has 65 heavy (non-hydrogen) atoms. The summed E-state index contributed by atoms with van der Waals surface area (Å²) in [6.07, 6.45) is 0. The molecule has 3 heterocycles. The van der Waals surface area contributed by atoms with Crippen LogP contribution < -0.4 is 0 Å². The lowest BCUT2D eigenvalue weighted by Gasteiger charge is -2.42. The van der Waals surface area contributed by atoms with E-state index in [1.165, 1.54) is 49.0 Å². The fourth-order valence-corrected chi connectivity index (χ4v) is 11.0. The van der Waals surface area contributed by atoms with Crippen molar-refractivity contribution in [3.63, 3.8) is 0 Å². The van der Waals surface area contributed by atoms with Gasteiger partial charge in [0.1, 0.15) is 0 Å². The molecule has 8 aromatic carbocycles. The van der Waals surface area contributed by atoms with Crippen LogP contribution in [0.15, 0.2) is 212 Å². The van der Waals surface area contributed by atoms with Crippen LogP contribution in [0.4, 0.5) is 0 Å². The van der Waals surface area contributed by atoms with E-state index < -0.39 is 0 Å². The molecule has 2 atom stereocenters. The molecule has 0 N–H and O–H groups in total. The molecule has 2 unspecified atom stereocenters. The van der Waals surface area contributed by atoms with E-state index in [0.29, 0.717) is 23.3 Å². The van der Waals surface area contributed by atoms with Gasteiger partial charge in [0.15, 0.2) is 23.3 Å². The molecular formula is C59H37N5S. The van der Waals surface area contributed by atoms with E-state index in [-0.39, 0.29) is 11.8 Å². The van der Waals surface area contributed by atoms with Gasteiger partial charge in [0, 0.05) is 60.9 Å². The molecule has 0 fully saturated rings. The molecule has 2 bridgehead atoms. The predicted octanol–water partition coefficient (Wildman–Crippen LogP) is 14.5. The second kappa shape index (κ2) is 15.3. The highest BCUT2D eigenvalue weighted by Gasteiger charge is 2.41. The summed E-state index contributed by atoms with van der Waals surface area (Å²) in [4.78, 5) is 25.8. The van der Waals surface area contributed by atoms with Gasteiger partial charge in [-0.2, -0.15) is 0 Å². The lowest BCUT2D eigenvalue weighted by molar-refractivity contribution is 0.754. The van der Waals surface area contributed by atoms with Crippen molar-refractivity contribution in [2.45, 2.75) is 11.8 Å². The van der Waals surface area contributed by atoms with Gasteiger partial charge in [-0.25, -0.2) is 24.9 Å². The van der Waals surface area contributed by atoms with Crippen molar-refractivity contribution < 1.29 is 0 Å². The van der Waals surface area contributed by atoms with Crippen LogP contribution in [0.2, 0.25) is 0 Å². The third-order valence-corrected chi connectivity index (χ3v) is 14.0. The summed E-state index contributed by atoms with van der Waals surface area (Å²) in [5.74, 6) is 2.78. The van der Waals surface area contributed by atoms with E-state index in [1.807, 2.05) is 42.5 Å². The average Bonchev–Trinajstić information content (AvgIpc) is 3.83. The van der Waals surface area contributed by atoms with Gasteiger partial charge in [-0.1, -0.05) is 182 Å². The van der Waals surface area contributed by atoms with E-state index in [1.54, 1.807) is 11.3 Å². The van der Waals surface area contributed by atoms with E-state index in [4.69, 9.17) is 24.9 Å². The number of fused-ring (bicyclic) bond motifs is 1. The van der Waals surface area contributed by atoms with Crippen LogP contribution in [-0.4, -0.2) is 24.9 Å². The summed E-state index contributed by atoms with van der Waals surface area (Å²) >= 11 is 1.78. The van der Waals surface area contributed by atoms with Crippen molar-refractivity contribution in [1.82, 2.24) is 24.9 Å². The molecule has 14 rings (SSSR count). The fourth-order valence-electron chi connectivity index (χ4n) is 10.0. The highest BCUT2D eigenvalue weighted by Crippen LogP contribution is 2.57. The first-order chi connectivity index (χ1) is 32.2. The average molecular weight is 848 g/mol. The molecule has 5 nitrogen and oxygen atoms in total. The summed E-state index contributed by atoms with van der Waals surface area (Å²) in [6.45, 7) is 0. The van der Waals surface area contributed by atoms with Gasteiger partial charge in [0.05, 0.1) is 11.4 Å². The maximum atomic E-state index is 5.32. The third-order valence-electron chi connectivity index (χ3n) is 13.0. The molecule has 0 amide bonds. The van der Waals surface area contributed by atoms with Crippen molar-refractivity contribution in [2.75, 3.05) is 0 Å². The highest BCUT2D eigenvalue weighted by atomic mass is 32.1. The summed E-state index contributed by atoms with van der Waals surface area (Å²) in [6, 6.07) is 72.9. The van der Waals surface area contributed by atoms with Gasteiger partial charge >= 0.3 is 0 Å². The first kappa shape index (κ1) is 37.4. The van der Waals surface area contributed by atoms with Crippen LogP contribution >= 0.6 is 11.3 Å². The van der Waals surface area contributed by atoms with Gasteiger partial charge in [0.25, 0.3) is 0 Å². The predicted molar refractivity (Wildman–Crippen MR) is 264 cm³/mol. The maximum absolute atomic E-state index is 5.32. The molecule has 3 aromatic heterocycles. The minimum Gasteiger partial charge on any atom is -0.228 e. The zero-order chi connectivity index (χ0) is 42.8. The molecule has 0 saturated heterocycles. The summed E-state index contributed by atoms with van der Waals surface area (Å²) in [7, 11) is 0. The van der Waals surface area contributed by atoms with Crippen molar-refractivity contribution in [3.05, 3.63) is 245 Å². The minimum absolute atomic E-state index is 0.0485. The van der Waals surface area contributed by atoms with Crippen molar-refractivity contribution >= 4 is 21.4 Å².